The zero-order valence-corrected chi connectivity index (χ0v) is 17.1. The number of hydrogen-bond acceptors (Lipinski definition) is 4. The summed E-state index contributed by atoms with van der Waals surface area (Å²) in [5.74, 6) is 0.0539. The van der Waals surface area contributed by atoms with Crippen molar-refractivity contribution in [2.45, 2.75) is 6.42 Å². The lowest BCUT2D eigenvalue weighted by Gasteiger charge is -2.37. The number of rotatable bonds is 4. The van der Waals surface area contributed by atoms with Crippen molar-refractivity contribution in [3.63, 3.8) is 0 Å². The predicted octanol–water partition coefficient (Wildman–Crippen LogP) is 3.05. The Balaban J connectivity index is 1.37. The third kappa shape index (κ3) is 4.03. The van der Waals surface area contributed by atoms with E-state index < -0.39 is 5.92 Å². The molecule has 2 aromatic carbocycles. The molecule has 152 valence electrons. The van der Waals surface area contributed by atoms with Crippen LogP contribution in [0, 0.1) is 5.92 Å². The maximum atomic E-state index is 13.0. The number of benzene rings is 2. The van der Waals surface area contributed by atoms with E-state index in [1.54, 1.807) is 24.1 Å². The first-order valence-electron chi connectivity index (χ1n) is 9.81. The van der Waals surface area contributed by atoms with Gasteiger partial charge < -0.3 is 19.4 Å². The first kappa shape index (κ1) is 19.6. The summed E-state index contributed by atoms with van der Waals surface area (Å²) in [5.41, 5.74) is 1.87. The van der Waals surface area contributed by atoms with Gasteiger partial charge in [0.25, 0.3) is 0 Å². The molecule has 0 unspecified atom stereocenters. The number of halogens is 1. The lowest BCUT2D eigenvalue weighted by molar-refractivity contribution is -0.140. The highest BCUT2D eigenvalue weighted by Crippen LogP contribution is 2.28. The molecule has 2 aliphatic heterocycles. The summed E-state index contributed by atoms with van der Waals surface area (Å²) in [6.07, 6.45) is 0.552. The number of methoxy groups -OCH3 is 1. The second-order valence-electron chi connectivity index (χ2n) is 7.32. The summed E-state index contributed by atoms with van der Waals surface area (Å²) in [7, 11) is 1.65. The van der Waals surface area contributed by atoms with Gasteiger partial charge in [0.2, 0.25) is 11.8 Å². The average Bonchev–Trinajstić information content (AvgIpc) is 3.15. The lowest BCUT2D eigenvalue weighted by atomic mass is 10.1. The van der Waals surface area contributed by atoms with Gasteiger partial charge in [0.15, 0.2) is 0 Å². The first-order chi connectivity index (χ1) is 14.1. The van der Waals surface area contributed by atoms with Crippen molar-refractivity contribution in [1.82, 2.24) is 4.90 Å². The van der Waals surface area contributed by atoms with E-state index in [1.165, 1.54) is 0 Å². The number of ether oxygens (including phenoxy) is 1. The number of carbonyl (C=O) groups is 2. The summed E-state index contributed by atoms with van der Waals surface area (Å²) < 4.78 is 5.30. The van der Waals surface area contributed by atoms with Crippen LogP contribution in [-0.2, 0) is 9.59 Å². The van der Waals surface area contributed by atoms with Crippen LogP contribution in [0.25, 0.3) is 0 Å². The summed E-state index contributed by atoms with van der Waals surface area (Å²) >= 11 is 5.93. The van der Waals surface area contributed by atoms with Crippen LogP contribution in [0.5, 0.6) is 5.75 Å². The molecule has 7 heteroatoms. The summed E-state index contributed by atoms with van der Waals surface area (Å²) in [5, 5.41) is 0.627. The Bertz CT molecular complexity index is 894. The van der Waals surface area contributed by atoms with Crippen LogP contribution in [0.4, 0.5) is 11.4 Å². The topological polar surface area (TPSA) is 53.1 Å². The molecule has 0 aliphatic carbocycles. The third-order valence-corrected chi connectivity index (χ3v) is 5.90. The predicted molar refractivity (Wildman–Crippen MR) is 114 cm³/mol. The van der Waals surface area contributed by atoms with E-state index in [2.05, 4.69) is 4.90 Å². The SMILES string of the molecule is COc1cccc(N2CCN(C(=O)[C@@H]3CCN(c4ccc(Cl)cc4)C3=O)CC2)c1. The molecule has 0 aromatic heterocycles. The smallest absolute Gasteiger partial charge is 0.239 e. The zero-order chi connectivity index (χ0) is 20.4. The number of amides is 2. The Morgan fingerprint density at radius 1 is 1.00 bits per heavy atom. The molecule has 2 aliphatic rings. The van der Waals surface area contributed by atoms with Crippen molar-refractivity contribution < 1.29 is 14.3 Å². The minimum absolute atomic E-state index is 0.0586. The van der Waals surface area contributed by atoms with Crippen LogP contribution in [0.1, 0.15) is 6.42 Å². The van der Waals surface area contributed by atoms with Gasteiger partial charge in [-0.1, -0.05) is 17.7 Å². The Morgan fingerprint density at radius 3 is 2.41 bits per heavy atom. The second kappa shape index (κ2) is 8.33. The fraction of sp³-hybridized carbons (Fsp3) is 0.364. The number of nitrogens with zero attached hydrogens (tertiary/aromatic N) is 3. The Morgan fingerprint density at radius 2 is 1.72 bits per heavy atom. The largest absolute Gasteiger partial charge is 0.497 e. The van der Waals surface area contributed by atoms with E-state index in [4.69, 9.17) is 16.3 Å². The van der Waals surface area contributed by atoms with Crippen molar-refractivity contribution >= 4 is 34.8 Å². The van der Waals surface area contributed by atoms with Gasteiger partial charge >= 0.3 is 0 Å². The molecule has 4 rings (SSSR count). The summed E-state index contributed by atoms with van der Waals surface area (Å²) in [6.45, 7) is 3.25. The standard InChI is InChI=1S/C22H24ClN3O3/c1-29-19-4-2-3-18(15-19)24-11-13-25(14-12-24)21(27)20-9-10-26(22(20)28)17-7-5-16(23)6-8-17/h2-8,15,20H,9-14H2,1H3/t20-/m0/s1. The van der Waals surface area contributed by atoms with Crippen molar-refractivity contribution in [2.24, 2.45) is 5.92 Å². The maximum Gasteiger partial charge on any atom is 0.239 e. The van der Waals surface area contributed by atoms with Crippen LogP contribution in [-0.4, -0.2) is 56.5 Å². The molecule has 2 aromatic rings. The minimum Gasteiger partial charge on any atom is -0.497 e. The molecule has 1 atom stereocenters. The fourth-order valence-electron chi connectivity index (χ4n) is 4.00. The van der Waals surface area contributed by atoms with Gasteiger partial charge in [-0.25, -0.2) is 0 Å². The van der Waals surface area contributed by atoms with Crippen molar-refractivity contribution in [2.75, 3.05) is 49.6 Å². The molecule has 29 heavy (non-hydrogen) atoms. The minimum atomic E-state index is -0.589. The number of anilines is 2. The van der Waals surface area contributed by atoms with Crippen LogP contribution in [0.15, 0.2) is 48.5 Å². The quantitative estimate of drug-likeness (QED) is 0.723. The molecule has 0 spiro atoms. The van der Waals surface area contributed by atoms with Gasteiger partial charge in [0, 0.05) is 55.2 Å². The van der Waals surface area contributed by atoms with E-state index in [-0.39, 0.29) is 11.8 Å². The van der Waals surface area contributed by atoms with E-state index >= 15 is 0 Å². The highest BCUT2D eigenvalue weighted by atomic mass is 35.5. The molecule has 0 bridgehead atoms. The zero-order valence-electron chi connectivity index (χ0n) is 16.4. The Kier molecular flexibility index (Phi) is 5.62. The van der Waals surface area contributed by atoms with Gasteiger partial charge in [-0.15, -0.1) is 0 Å². The average molecular weight is 414 g/mol. The van der Waals surface area contributed by atoms with E-state index in [0.717, 1.165) is 30.2 Å². The molecule has 0 N–H and O–H groups in total. The van der Waals surface area contributed by atoms with Crippen LogP contribution < -0.4 is 14.5 Å². The first-order valence-corrected chi connectivity index (χ1v) is 10.2. The summed E-state index contributed by atoms with van der Waals surface area (Å²) in [4.78, 5) is 31.6. The van der Waals surface area contributed by atoms with Gasteiger partial charge in [-0.05, 0) is 42.8 Å². The maximum absolute atomic E-state index is 13.0. The monoisotopic (exact) mass is 413 g/mol. The van der Waals surface area contributed by atoms with Crippen molar-refractivity contribution in [3.8, 4) is 5.75 Å². The highest BCUT2D eigenvalue weighted by Gasteiger charge is 2.40. The van der Waals surface area contributed by atoms with E-state index in [9.17, 15) is 9.59 Å². The third-order valence-electron chi connectivity index (χ3n) is 5.65. The van der Waals surface area contributed by atoms with E-state index in [1.807, 2.05) is 41.3 Å². The van der Waals surface area contributed by atoms with Crippen LogP contribution in [0.3, 0.4) is 0 Å². The Labute approximate surface area is 175 Å². The number of piperazine rings is 1. The summed E-state index contributed by atoms with van der Waals surface area (Å²) in [6, 6.07) is 15.1. The fourth-order valence-corrected chi connectivity index (χ4v) is 4.13. The molecular formula is C22H24ClN3O3. The number of hydrogen-bond donors (Lipinski definition) is 0. The molecule has 2 amide bonds. The molecule has 0 saturated carbocycles. The van der Waals surface area contributed by atoms with Crippen molar-refractivity contribution in [1.29, 1.82) is 0 Å². The van der Waals surface area contributed by atoms with Gasteiger partial charge in [0.1, 0.15) is 11.7 Å². The van der Waals surface area contributed by atoms with Crippen LogP contribution >= 0.6 is 11.6 Å². The molecule has 6 nitrogen and oxygen atoms in total. The molecule has 2 fully saturated rings. The Hall–Kier alpha value is -2.73. The second-order valence-corrected chi connectivity index (χ2v) is 7.76. The number of carbonyl (C=O) groups excluding carboxylic acids is 2. The van der Waals surface area contributed by atoms with Crippen LogP contribution in [0.2, 0.25) is 5.02 Å². The van der Waals surface area contributed by atoms with E-state index in [0.29, 0.717) is 31.1 Å². The molecule has 0 radical (unpaired) electrons. The lowest BCUT2D eigenvalue weighted by Crippen LogP contribution is -2.51. The normalized spacial score (nSPS) is 19.6. The van der Waals surface area contributed by atoms with Gasteiger partial charge in [-0.2, -0.15) is 0 Å². The highest BCUT2D eigenvalue weighted by molar-refractivity contribution is 6.30. The van der Waals surface area contributed by atoms with Gasteiger partial charge in [-0.3, -0.25) is 9.59 Å². The van der Waals surface area contributed by atoms with Crippen molar-refractivity contribution in [3.05, 3.63) is 53.6 Å². The molecule has 2 heterocycles. The van der Waals surface area contributed by atoms with Gasteiger partial charge in [0.05, 0.1) is 7.11 Å². The molecular weight excluding hydrogens is 390 g/mol. The molecule has 2 saturated heterocycles.